The van der Waals surface area contributed by atoms with E-state index in [4.69, 9.17) is 9.15 Å². The zero-order chi connectivity index (χ0) is 24.1. The molecule has 2 amide bonds. The summed E-state index contributed by atoms with van der Waals surface area (Å²) in [6.45, 7) is 6.11. The standard InChI is InChI=1S/C23H25N5O4S2/c1-4-14-9-6-8-13(3)18(14)26-22-27-28-23(34-22)33-12-15-17(20(29)31-5-2)19(25-21(30)24-15)16-10-7-11-32-16/h6-11,19H,4-5,12H2,1-3H3,(H,26,27)(H2,24,25,30). The van der Waals surface area contributed by atoms with Crippen LogP contribution in [0.2, 0.25) is 0 Å². The third-order valence-corrected chi connectivity index (χ3v) is 7.19. The number of rotatable bonds is 9. The van der Waals surface area contributed by atoms with Crippen LogP contribution in [0.5, 0.6) is 0 Å². The van der Waals surface area contributed by atoms with Crippen LogP contribution in [0.25, 0.3) is 0 Å². The second-order valence-electron chi connectivity index (χ2n) is 7.41. The first kappa shape index (κ1) is 23.8. The second kappa shape index (κ2) is 10.7. The number of hydrogen-bond donors (Lipinski definition) is 3. The quantitative estimate of drug-likeness (QED) is 0.286. The number of ether oxygens (including phenoxy) is 1. The van der Waals surface area contributed by atoms with Crippen LogP contribution in [0.1, 0.15) is 36.8 Å². The fraction of sp³-hybridized carbons (Fsp3) is 0.304. The number of para-hydroxylation sites is 1. The van der Waals surface area contributed by atoms with E-state index in [1.165, 1.54) is 34.9 Å². The van der Waals surface area contributed by atoms with Gasteiger partial charge in [0.2, 0.25) is 5.13 Å². The highest BCUT2D eigenvalue weighted by molar-refractivity contribution is 8.01. The molecule has 3 aromatic rings. The zero-order valence-electron chi connectivity index (χ0n) is 19.0. The topological polar surface area (TPSA) is 118 Å². The maximum absolute atomic E-state index is 12.8. The number of esters is 1. The molecular formula is C23H25N5O4S2. The highest BCUT2D eigenvalue weighted by atomic mass is 32.2. The fourth-order valence-electron chi connectivity index (χ4n) is 3.61. The molecular weight excluding hydrogens is 474 g/mol. The van der Waals surface area contributed by atoms with Gasteiger partial charge in [0.15, 0.2) is 4.34 Å². The molecule has 1 atom stereocenters. The number of urea groups is 1. The number of aryl methyl sites for hydroxylation is 2. The van der Waals surface area contributed by atoms with Gasteiger partial charge < -0.3 is 25.1 Å². The molecule has 9 nitrogen and oxygen atoms in total. The Morgan fingerprint density at radius 1 is 1.26 bits per heavy atom. The Balaban J connectivity index is 1.54. The number of carbonyl (C=O) groups is 2. The zero-order valence-corrected chi connectivity index (χ0v) is 20.6. The first-order chi connectivity index (χ1) is 16.5. The lowest BCUT2D eigenvalue weighted by Gasteiger charge is -2.27. The van der Waals surface area contributed by atoms with Crippen molar-refractivity contribution >= 4 is 45.9 Å². The van der Waals surface area contributed by atoms with E-state index in [0.29, 0.717) is 32.3 Å². The molecule has 3 heterocycles. The Hall–Kier alpha value is -3.31. The highest BCUT2D eigenvalue weighted by Gasteiger charge is 2.35. The van der Waals surface area contributed by atoms with Crippen LogP contribution in [0.15, 0.2) is 56.6 Å². The summed E-state index contributed by atoms with van der Waals surface area (Å²) in [5, 5.41) is 18.1. The summed E-state index contributed by atoms with van der Waals surface area (Å²) >= 11 is 2.79. The van der Waals surface area contributed by atoms with Gasteiger partial charge in [0.1, 0.15) is 11.8 Å². The molecule has 178 valence electrons. The summed E-state index contributed by atoms with van der Waals surface area (Å²) in [5.74, 6) is 0.240. The van der Waals surface area contributed by atoms with Gasteiger partial charge in [-0.3, -0.25) is 0 Å². The third kappa shape index (κ3) is 5.26. The predicted octanol–water partition coefficient (Wildman–Crippen LogP) is 4.71. The molecule has 34 heavy (non-hydrogen) atoms. The van der Waals surface area contributed by atoms with Crippen LogP contribution in [0, 0.1) is 6.92 Å². The molecule has 2 aromatic heterocycles. The van der Waals surface area contributed by atoms with Crippen molar-refractivity contribution in [2.24, 2.45) is 0 Å². The summed E-state index contributed by atoms with van der Waals surface area (Å²) in [4.78, 5) is 25.1. The van der Waals surface area contributed by atoms with Crippen LogP contribution in [0.3, 0.4) is 0 Å². The van der Waals surface area contributed by atoms with Crippen molar-refractivity contribution in [3.63, 3.8) is 0 Å². The number of furan rings is 1. The smallest absolute Gasteiger partial charge is 0.338 e. The van der Waals surface area contributed by atoms with Crippen LogP contribution in [0.4, 0.5) is 15.6 Å². The molecule has 11 heteroatoms. The number of nitrogens with one attached hydrogen (secondary N) is 3. The summed E-state index contributed by atoms with van der Waals surface area (Å²) in [6.07, 6.45) is 2.40. The first-order valence-corrected chi connectivity index (χ1v) is 12.6. The van der Waals surface area contributed by atoms with E-state index in [0.717, 1.165) is 17.7 Å². The predicted molar refractivity (Wildman–Crippen MR) is 131 cm³/mol. The lowest BCUT2D eigenvalue weighted by Crippen LogP contribution is -2.46. The average Bonchev–Trinajstić information content (AvgIpc) is 3.51. The van der Waals surface area contributed by atoms with Gasteiger partial charge >= 0.3 is 12.0 Å². The molecule has 0 spiro atoms. The third-order valence-electron chi connectivity index (χ3n) is 5.20. The number of benzene rings is 1. The van der Waals surface area contributed by atoms with Crippen LogP contribution < -0.4 is 16.0 Å². The van der Waals surface area contributed by atoms with E-state index in [2.05, 4.69) is 52.1 Å². The normalized spacial score (nSPS) is 15.6. The van der Waals surface area contributed by atoms with Gasteiger partial charge in [-0.15, -0.1) is 10.2 Å². The Labute approximate surface area is 205 Å². The van der Waals surface area contributed by atoms with Crippen molar-refractivity contribution in [2.45, 2.75) is 37.6 Å². The van der Waals surface area contributed by atoms with E-state index in [9.17, 15) is 9.59 Å². The minimum atomic E-state index is -0.737. The summed E-state index contributed by atoms with van der Waals surface area (Å²) in [6, 6.07) is 8.43. The minimum absolute atomic E-state index is 0.214. The molecule has 0 bridgehead atoms. The first-order valence-electron chi connectivity index (χ1n) is 10.8. The lowest BCUT2D eigenvalue weighted by molar-refractivity contribution is -0.139. The van der Waals surface area contributed by atoms with Gasteiger partial charge in [0.05, 0.1) is 18.4 Å². The minimum Gasteiger partial charge on any atom is -0.467 e. The number of aromatic nitrogens is 2. The summed E-state index contributed by atoms with van der Waals surface area (Å²) in [5.41, 5.74) is 4.13. The molecule has 4 rings (SSSR count). The van der Waals surface area contributed by atoms with Crippen molar-refractivity contribution in [1.82, 2.24) is 20.8 Å². The highest BCUT2D eigenvalue weighted by Crippen LogP contribution is 2.34. The van der Waals surface area contributed by atoms with E-state index >= 15 is 0 Å². The molecule has 1 aliphatic rings. The Morgan fingerprint density at radius 3 is 2.85 bits per heavy atom. The number of thioether (sulfide) groups is 1. The molecule has 1 aliphatic heterocycles. The Morgan fingerprint density at radius 2 is 2.12 bits per heavy atom. The second-order valence-corrected chi connectivity index (χ2v) is 9.61. The van der Waals surface area contributed by atoms with E-state index in [1.807, 2.05) is 6.07 Å². The van der Waals surface area contributed by atoms with Crippen molar-refractivity contribution in [1.29, 1.82) is 0 Å². The maximum atomic E-state index is 12.8. The number of carbonyl (C=O) groups excluding carboxylic acids is 2. The van der Waals surface area contributed by atoms with E-state index in [1.54, 1.807) is 19.1 Å². The Bertz CT molecular complexity index is 1210. The van der Waals surface area contributed by atoms with Gasteiger partial charge in [0.25, 0.3) is 0 Å². The summed E-state index contributed by atoms with van der Waals surface area (Å²) < 4.78 is 11.4. The van der Waals surface area contributed by atoms with Gasteiger partial charge in [-0.25, -0.2) is 9.59 Å². The monoisotopic (exact) mass is 499 g/mol. The SMILES string of the molecule is CCOC(=O)C1=C(CSc2nnc(Nc3c(C)cccc3CC)s2)NC(=O)NC1c1ccco1. The van der Waals surface area contributed by atoms with Gasteiger partial charge in [-0.2, -0.15) is 0 Å². The van der Waals surface area contributed by atoms with Crippen molar-refractivity contribution < 1.29 is 18.7 Å². The van der Waals surface area contributed by atoms with Crippen LogP contribution in [-0.4, -0.2) is 34.6 Å². The molecule has 3 N–H and O–H groups in total. The fourth-order valence-corrected chi connectivity index (χ4v) is 5.34. The van der Waals surface area contributed by atoms with E-state index in [-0.39, 0.29) is 6.61 Å². The number of amides is 2. The molecule has 0 aliphatic carbocycles. The molecule has 0 saturated carbocycles. The van der Waals surface area contributed by atoms with Crippen molar-refractivity contribution in [3.05, 3.63) is 64.8 Å². The van der Waals surface area contributed by atoms with Crippen molar-refractivity contribution in [2.75, 3.05) is 17.7 Å². The lowest BCUT2D eigenvalue weighted by atomic mass is 10.0. The number of hydrogen-bond acceptors (Lipinski definition) is 9. The summed E-state index contributed by atoms with van der Waals surface area (Å²) in [7, 11) is 0. The largest absolute Gasteiger partial charge is 0.467 e. The van der Waals surface area contributed by atoms with Gasteiger partial charge in [-0.1, -0.05) is 48.2 Å². The number of anilines is 2. The van der Waals surface area contributed by atoms with E-state index < -0.39 is 18.0 Å². The Kier molecular flexibility index (Phi) is 7.53. The van der Waals surface area contributed by atoms with Gasteiger partial charge in [0, 0.05) is 17.1 Å². The maximum Gasteiger partial charge on any atom is 0.338 e. The van der Waals surface area contributed by atoms with Crippen LogP contribution >= 0.6 is 23.1 Å². The van der Waals surface area contributed by atoms with Crippen LogP contribution in [-0.2, 0) is 16.0 Å². The molecule has 0 saturated heterocycles. The molecule has 1 unspecified atom stereocenters. The molecule has 1 aromatic carbocycles. The van der Waals surface area contributed by atoms with Gasteiger partial charge in [-0.05, 0) is 43.5 Å². The molecule has 0 radical (unpaired) electrons. The average molecular weight is 500 g/mol. The number of nitrogens with zero attached hydrogens (tertiary/aromatic N) is 2. The molecule has 0 fully saturated rings. The van der Waals surface area contributed by atoms with Crippen molar-refractivity contribution in [3.8, 4) is 0 Å².